The molecule has 2 aliphatic rings. The number of carbonyl (C=O) groups excluding carboxylic acids is 1. The Bertz CT molecular complexity index is 973. The zero-order valence-electron chi connectivity index (χ0n) is 16.2. The molecule has 0 aliphatic carbocycles. The van der Waals surface area contributed by atoms with Gasteiger partial charge in [-0.1, -0.05) is 54.6 Å². The molecule has 4 rings (SSSR count). The average molecular weight is 372 g/mol. The van der Waals surface area contributed by atoms with Crippen LogP contribution in [0.15, 0.2) is 89.9 Å². The first kappa shape index (κ1) is 18.1. The molecule has 1 N–H and O–H groups in total. The van der Waals surface area contributed by atoms with Gasteiger partial charge >= 0.3 is 0 Å². The van der Waals surface area contributed by atoms with E-state index in [4.69, 9.17) is 4.74 Å². The zero-order valence-corrected chi connectivity index (χ0v) is 16.2. The van der Waals surface area contributed by atoms with Gasteiger partial charge in [0.1, 0.15) is 11.9 Å². The summed E-state index contributed by atoms with van der Waals surface area (Å²) in [5.41, 5.74) is 4.46. The molecule has 2 aromatic carbocycles. The van der Waals surface area contributed by atoms with E-state index in [0.29, 0.717) is 11.5 Å². The van der Waals surface area contributed by atoms with E-state index in [9.17, 15) is 4.79 Å². The Morgan fingerprint density at radius 3 is 2.54 bits per heavy atom. The lowest BCUT2D eigenvalue weighted by Gasteiger charge is -2.37. The number of nitrogens with zero attached hydrogens (tertiary/aromatic N) is 1. The Kier molecular flexibility index (Phi) is 5.02. The van der Waals surface area contributed by atoms with Gasteiger partial charge < -0.3 is 15.0 Å². The Morgan fingerprint density at radius 1 is 1.00 bits per heavy atom. The lowest BCUT2D eigenvalue weighted by Crippen LogP contribution is -2.51. The van der Waals surface area contributed by atoms with Crippen molar-refractivity contribution in [3.05, 3.63) is 101 Å². The topological polar surface area (TPSA) is 41.6 Å². The fraction of sp³-hybridized carbons (Fsp3) is 0.208. The monoisotopic (exact) mass is 372 g/mol. The lowest BCUT2D eigenvalue weighted by atomic mass is 10.00. The van der Waals surface area contributed by atoms with E-state index < -0.39 is 0 Å². The van der Waals surface area contributed by atoms with Crippen LogP contribution in [-0.2, 0) is 11.2 Å². The average Bonchev–Trinajstić information content (AvgIpc) is 2.73. The fourth-order valence-corrected chi connectivity index (χ4v) is 3.49. The summed E-state index contributed by atoms with van der Waals surface area (Å²) in [6.45, 7) is 1.97. The van der Waals surface area contributed by atoms with E-state index in [-0.39, 0.29) is 12.1 Å². The molecular formula is C24H24N2O2. The van der Waals surface area contributed by atoms with Gasteiger partial charge in [0.05, 0.1) is 0 Å². The van der Waals surface area contributed by atoms with Gasteiger partial charge in [0.2, 0.25) is 0 Å². The standard InChI is InChI=1S/C24H24N2O2/c1-17-8-6-7-11-21(17)28-22-16-19-13-15-20(25-23(19)26(2)24(22)27)14-12-18-9-4-3-5-10-18/h3-11,13,15-16,23,25H,12,14H2,1-2H3. The maximum atomic E-state index is 12.8. The zero-order chi connectivity index (χ0) is 19.5. The van der Waals surface area contributed by atoms with E-state index >= 15 is 0 Å². The number of rotatable bonds is 5. The normalized spacial score (nSPS) is 18.5. The number of ether oxygens (including phenoxy) is 1. The Balaban J connectivity index is 1.52. The van der Waals surface area contributed by atoms with Crippen LogP contribution < -0.4 is 10.1 Å². The van der Waals surface area contributed by atoms with Crippen molar-refractivity contribution in [1.82, 2.24) is 10.2 Å². The van der Waals surface area contributed by atoms with Crippen molar-refractivity contribution in [2.45, 2.75) is 25.9 Å². The quantitative estimate of drug-likeness (QED) is 0.859. The van der Waals surface area contributed by atoms with E-state index in [2.05, 4.69) is 41.7 Å². The van der Waals surface area contributed by atoms with Gasteiger partial charge in [-0.2, -0.15) is 0 Å². The van der Waals surface area contributed by atoms with Crippen LogP contribution in [0.2, 0.25) is 0 Å². The maximum absolute atomic E-state index is 12.8. The Hall–Kier alpha value is -3.27. The highest BCUT2D eigenvalue weighted by Gasteiger charge is 2.33. The van der Waals surface area contributed by atoms with Gasteiger partial charge in [-0.3, -0.25) is 4.79 Å². The molecule has 4 heteroatoms. The second kappa shape index (κ2) is 7.77. The van der Waals surface area contributed by atoms with Crippen LogP contribution in [0.4, 0.5) is 0 Å². The molecule has 0 saturated carbocycles. The van der Waals surface area contributed by atoms with Crippen LogP contribution in [0, 0.1) is 6.92 Å². The number of para-hydroxylation sites is 1. The number of amides is 1. The molecule has 0 fully saturated rings. The molecule has 2 aromatic rings. The largest absolute Gasteiger partial charge is 0.451 e. The number of carbonyl (C=O) groups is 1. The van der Waals surface area contributed by atoms with E-state index in [1.54, 1.807) is 4.90 Å². The molecule has 2 aliphatic heterocycles. The third kappa shape index (κ3) is 3.72. The Morgan fingerprint density at radius 2 is 1.75 bits per heavy atom. The maximum Gasteiger partial charge on any atom is 0.291 e. The van der Waals surface area contributed by atoms with Crippen molar-refractivity contribution in [3.8, 4) is 5.75 Å². The number of allylic oxidation sites excluding steroid dienone is 3. The third-order valence-corrected chi connectivity index (χ3v) is 5.17. The minimum Gasteiger partial charge on any atom is -0.451 e. The number of benzene rings is 2. The molecule has 4 nitrogen and oxygen atoms in total. The number of nitrogens with one attached hydrogen (secondary N) is 1. The highest BCUT2D eigenvalue weighted by Crippen LogP contribution is 2.28. The van der Waals surface area contributed by atoms with Gasteiger partial charge in [0.15, 0.2) is 5.76 Å². The predicted octanol–water partition coefficient (Wildman–Crippen LogP) is 4.10. The van der Waals surface area contributed by atoms with Gasteiger partial charge in [-0.15, -0.1) is 0 Å². The van der Waals surface area contributed by atoms with E-state index in [0.717, 1.165) is 29.7 Å². The molecule has 0 spiro atoms. The number of hydrogen-bond acceptors (Lipinski definition) is 3. The number of aryl methyl sites for hydroxylation is 2. The molecule has 0 aromatic heterocycles. The lowest BCUT2D eigenvalue weighted by molar-refractivity contribution is -0.130. The molecule has 28 heavy (non-hydrogen) atoms. The number of hydrogen-bond donors (Lipinski definition) is 1. The number of dihydropyridines is 1. The van der Waals surface area contributed by atoms with Crippen molar-refractivity contribution in [1.29, 1.82) is 0 Å². The summed E-state index contributed by atoms with van der Waals surface area (Å²) in [6, 6.07) is 18.1. The van der Waals surface area contributed by atoms with Crippen molar-refractivity contribution in [3.63, 3.8) is 0 Å². The summed E-state index contributed by atoms with van der Waals surface area (Å²) in [6.07, 6.45) is 7.73. The smallest absolute Gasteiger partial charge is 0.291 e. The van der Waals surface area contributed by atoms with Crippen LogP contribution in [0.3, 0.4) is 0 Å². The molecule has 0 radical (unpaired) electrons. The van der Waals surface area contributed by atoms with Crippen molar-refractivity contribution >= 4 is 5.91 Å². The molecule has 0 bridgehead atoms. The van der Waals surface area contributed by atoms with E-state index in [1.165, 1.54) is 5.56 Å². The first-order chi connectivity index (χ1) is 13.6. The van der Waals surface area contributed by atoms with Crippen molar-refractivity contribution in [2.75, 3.05) is 7.05 Å². The minimum atomic E-state index is -0.160. The van der Waals surface area contributed by atoms with Crippen LogP contribution in [-0.4, -0.2) is 24.0 Å². The van der Waals surface area contributed by atoms with E-state index in [1.807, 2.05) is 50.4 Å². The molecule has 1 atom stereocenters. The van der Waals surface area contributed by atoms with Gasteiger partial charge in [-0.25, -0.2) is 0 Å². The molecular weight excluding hydrogens is 348 g/mol. The van der Waals surface area contributed by atoms with Crippen molar-refractivity contribution < 1.29 is 9.53 Å². The summed E-state index contributed by atoms with van der Waals surface area (Å²) >= 11 is 0. The SMILES string of the molecule is Cc1ccccc1OC1=CC2=CC=C(CCc3ccccc3)NC2N(C)C1=O. The molecule has 0 saturated heterocycles. The second-order valence-corrected chi connectivity index (χ2v) is 7.18. The van der Waals surface area contributed by atoms with Crippen molar-refractivity contribution in [2.24, 2.45) is 0 Å². The summed E-state index contributed by atoms with van der Waals surface area (Å²) < 4.78 is 5.93. The molecule has 142 valence electrons. The third-order valence-electron chi connectivity index (χ3n) is 5.17. The molecule has 2 heterocycles. The van der Waals surface area contributed by atoms with Crippen LogP contribution in [0.5, 0.6) is 5.75 Å². The van der Waals surface area contributed by atoms with Gasteiger partial charge in [-0.05, 0) is 54.7 Å². The first-order valence-corrected chi connectivity index (χ1v) is 9.55. The Labute approximate surface area is 165 Å². The summed E-state index contributed by atoms with van der Waals surface area (Å²) in [7, 11) is 1.81. The number of fused-ring (bicyclic) bond motifs is 1. The van der Waals surface area contributed by atoms with Crippen LogP contribution >= 0.6 is 0 Å². The first-order valence-electron chi connectivity index (χ1n) is 9.55. The summed E-state index contributed by atoms with van der Waals surface area (Å²) in [4.78, 5) is 14.5. The molecule has 1 amide bonds. The molecule has 1 unspecified atom stereocenters. The predicted molar refractivity (Wildman–Crippen MR) is 111 cm³/mol. The minimum absolute atomic E-state index is 0.123. The summed E-state index contributed by atoms with van der Waals surface area (Å²) in [5, 5.41) is 3.50. The highest BCUT2D eigenvalue weighted by molar-refractivity contribution is 5.94. The van der Waals surface area contributed by atoms with Gasteiger partial charge in [0.25, 0.3) is 5.91 Å². The fourth-order valence-electron chi connectivity index (χ4n) is 3.49. The summed E-state index contributed by atoms with van der Waals surface area (Å²) in [5.74, 6) is 0.932. The van der Waals surface area contributed by atoms with Crippen LogP contribution in [0.1, 0.15) is 17.5 Å². The number of likely N-dealkylation sites (N-methyl/N-ethyl adjacent to an activating group) is 1. The van der Waals surface area contributed by atoms with Crippen LogP contribution in [0.25, 0.3) is 0 Å². The highest BCUT2D eigenvalue weighted by atomic mass is 16.5. The van der Waals surface area contributed by atoms with Gasteiger partial charge in [0, 0.05) is 12.7 Å². The second-order valence-electron chi connectivity index (χ2n) is 7.18.